The lowest BCUT2D eigenvalue weighted by molar-refractivity contribution is 0.146. The number of alkyl halides is 2. The predicted molar refractivity (Wildman–Crippen MR) is 40.1 cm³/mol. The molecule has 0 saturated carbocycles. The van der Waals surface area contributed by atoms with Gasteiger partial charge in [-0.15, -0.1) is 0 Å². The Morgan fingerprint density at radius 2 is 2.15 bits per heavy atom. The fourth-order valence-corrected chi connectivity index (χ4v) is 0.894. The molecule has 0 aliphatic carbocycles. The van der Waals surface area contributed by atoms with Crippen LogP contribution in [0.4, 0.5) is 18.9 Å². The van der Waals surface area contributed by atoms with Crippen LogP contribution in [-0.2, 0) is 0 Å². The fraction of sp³-hybridized carbons (Fsp3) is 0.286. The molecular weight excluding hydrogens is 185 g/mol. The average Bonchev–Trinajstić information content (AvgIpc) is 2.01. The van der Waals surface area contributed by atoms with Gasteiger partial charge in [-0.1, -0.05) is 0 Å². The van der Waals surface area contributed by atoms with Crippen LogP contribution in [0.3, 0.4) is 0 Å². The summed E-state index contributed by atoms with van der Waals surface area (Å²) in [6, 6.07) is 0.726. The number of halogens is 3. The number of nitrogens with zero attached hydrogens (tertiary/aromatic N) is 1. The number of hydrogen-bond acceptors (Lipinski definition) is 3. The highest BCUT2D eigenvalue weighted by Gasteiger charge is 2.20. The Hall–Kier alpha value is -1.46. The second kappa shape index (κ2) is 3.51. The zero-order valence-corrected chi connectivity index (χ0v) is 6.72. The number of aromatic nitrogens is 1. The van der Waals surface area contributed by atoms with E-state index in [4.69, 9.17) is 5.73 Å². The van der Waals surface area contributed by atoms with E-state index in [2.05, 4.69) is 9.72 Å². The summed E-state index contributed by atoms with van der Waals surface area (Å²) in [5, 5.41) is 0. The van der Waals surface area contributed by atoms with Gasteiger partial charge in [0.25, 0.3) is 6.43 Å². The van der Waals surface area contributed by atoms with Crippen LogP contribution in [0.2, 0.25) is 0 Å². The monoisotopic (exact) mass is 192 g/mol. The first kappa shape index (κ1) is 9.63. The van der Waals surface area contributed by atoms with E-state index in [0.29, 0.717) is 0 Å². The molecule has 0 unspecified atom stereocenters. The Balaban J connectivity index is 3.30. The number of anilines is 1. The van der Waals surface area contributed by atoms with Gasteiger partial charge in [0.15, 0.2) is 0 Å². The average molecular weight is 192 g/mol. The highest BCUT2D eigenvalue weighted by Crippen LogP contribution is 2.32. The van der Waals surface area contributed by atoms with E-state index in [1.165, 1.54) is 0 Å². The maximum absolute atomic E-state index is 12.5. The van der Waals surface area contributed by atoms with Crippen molar-refractivity contribution in [2.45, 2.75) is 6.43 Å². The topological polar surface area (TPSA) is 48.1 Å². The molecule has 1 heterocycles. The van der Waals surface area contributed by atoms with Crippen LogP contribution in [0.1, 0.15) is 12.0 Å². The number of ether oxygens (including phenoxy) is 1. The number of methoxy groups -OCH3 is 1. The second-order valence-corrected chi connectivity index (χ2v) is 2.26. The molecule has 0 radical (unpaired) electrons. The van der Waals surface area contributed by atoms with Crippen molar-refractivity contribution >= 4 is 5.69 Å². The van der Waals surface area contributed by atoms with Gasteiger partial charge < -0.3 is 10.5 Å². The van der Waals surface area contributed by atoms with E-state index in [0.717, 1.165) is 13.2 Å². The van der Waals surface area contributed by atoms with Gasteiger partial charge in [-0.25, -0.2) is 8.78 Å². The van der Waals surface area contributed by atoms with Crippen molar-refractivity contribution in [3.63, 3.8) is 0 Å². The summed E-state index contributed by atoms with van der Waals surface area (Å²) < 4.78 is 41.6. The molecule has 0 bridgehead atoms. The molecule has 6 heteroatoms. The van der Waals surface area contributed by atoms with Crippen LogP contribution in [0, 0.1) is 5.95 Å². The summed E-state index contributed by atoms with van der Waals surface area (Å²) >= 11 is 0. The van der Waals surface area contributed by atoms with Crippen molar-refractivity contribution in [3.8, 4) is 5.88 Å². The maximum Gasteiger partial charge on any atom is 0.271 e. The summed E-state index contributed by atoms with van der Waals surface area (Å²) in [7, 11) is 1.12. The van der Waals surface area contributed by atoms with Gasteiger partial charge in [-0.05, 0) is 0 Å². The van der Waals surface area contributed by atoms with Crippen molar-refractivity contribution in [2.24, 2.45) is 0 Å². The second-order valence-electron chi connectivity index (χ2n) is 2.26. The van der Waals surface area contributed by atoms with Gasteiger partial charge in [0, 0.05) is 6.07 Å². The largest absolute Gasteiger partial charge is 0.481 e. The van der Waals surface area contributed by atoms with E-state index in [1.54, 1.807) is 0 Å². The number of nitrogen functional groups attached to an aromatic ring is 1. The smallest absolute Gasteiger partial charge is 0.271 e. The van der Waals surface area contributed by atoms with E-state index in [-0.39, 0.29) is 5.69 Å². The molecular formula is C7H7F3N2O. The van der Waals surface area contributed by atoms with Crippen molar-refractivity contribution in [3.05, 3.63) is 17.6 Å². The molecule has 1 rings (SSSR count). The number of hydrogen-bond donors (Lipinski definition) is 1. The number of pyridine rings is 1. The normalized spacial score (nSPS) is 10.5. The fourth-order valence-electron chi connectivity index (χ4n) is 0.894. The van der Waals surface area contributed by atoms with Crippen molar-refractivity contribution < 1.29 is 17.9 Å². The Kier molecular flexibility index (Phi) is 2.60. The first-order chi connectivity index (χ1) is 6.06. The third kappa shape index (κ3) is 1.82. The summed E-state index contributed by atoms with van der Waals surface area (Å²) in [4.78, 5) is 3.12. The van der Waals surface area contributed by atoms with Crippen molar-refractivity contribution in [1.29, 1.82) is 0 Å². The zero-order valence-electron chi connectivity index (χ0n) is 6.72. The molecule has 3 nitrogen and oxygen atoms in total. The molecule has 0 aliphatic heterocycles. The molecule has 0 fully saturated rings. The lowest BCUT2D eigenvalue weighted by Gasteiger charge is -2.08. The van der Waals surface area contributed by atoms with Gasteiger partial charge in [0.1, 0.15) is 5.56 Å². The lowest BCUT2D eigenvalue weighted by Crippen LogP contribution is -2.03. The summed E-state index contributed by atoms with van der Waals surface area (Å²) in [6.45, 7) is 0. The van der Waals surface area contributed by atoms with Gasteiger partial charge in [0.2, 0.25) is 11.8 Å². The van der Waals surface area contributed by atoms with Crippen LogP contribution < -0.4 is 10.5 Å². The van der Waals surface area contributed by atoms with Crippen LogP contribution in [0.25, 0.3) is 0 Å². The zero-order chi connectivity index (χ0) is 10.0. The molecule has 0 spiro atoms. The number of rotatable bonds is 2. The van der Waals surface area contributed by atoms with Crippen LogP contribution >= 0.6 is 0 Å². The SMILES string of the molecule is COc1nc(F)cc(N)c1C(F)F. The third-order valence-electron chi connectivity index (χ3n) is 1.44. The summed E-state index contributed by atoms with van der Waals surface area (Å²) in [6.07, 6.45) is -2.83. The Bertz CT molecular complexity index is 317. The molecule has 1 aromatic rings. The van der Waals surface area contributed by atoms with Gasteiger partial charge in [0.05, 0.1) is 12.8 Å². The molecule has 0 aliphatic rings. The highest BCUT2D eigenvalue weighted by molar-refractivity contribution is 5.51. The Morgan fingerprint density at radius 3 is 2.62 bits per heavy atom. The quantitative estimate of drug-likeness (QED) is 0.726. The standard InChI is InChI=1S/C7H7F3N2O/c1-13-7-5(6(9)10)3(11)2-4(8)12-7/h2,6H,1H3,(H2,11,12). The molecule has 72 valence electrons. The molecule has 2 N–H and O–H groups in total. The van der Waals surface area contributed by atoms with E-state index < -0.39 is 23.8 Å². The van der Waals surface area contributed by atoms with E-state index >= 15 is 0 Å². The minimum absolute atomic E-state index is 0.362. The van der Waals surface area contributed by atoms with Crippen LogP contribution in [-0.4, -0.2) is 12.1 Å². The molecule has 1 aromatic heterocycles. The predicted octanol–water partition coefficient (Wildman–Crippen LogP) is 1.75. The molecule has 0 atom stereocenters. The lowest BCUT2D eigenvalue weighted by atomic mass is 10.2. The van der Waals surface area contributed by atoms with Gasteiger partial charge >= 0.3 is 0 Å². The van der Waals surface area contributed by atoms with E-state index in [9.17, 15) is 13.2 Å². The highest BCUT2D eigenvalue weighted by atomic mass is 19.3. The maximum atomic E-state index is 12.5. The minimum atomic E-state index is -2.83. The first-order valence-electron chi connectivity index (χ1n) is 3.34. The summed E-state index contributed by atoms with van der Waals surface area (Å²) in [5.74, 6) is -1.42. The van der Waals surface area contributed by atoms with E-state index in [1.807, 2.05) is 0 Å². The molecule has 0 aromatic carbocycles. The van der Waals surface area contributed by atoms with Crippen LogP contribution in [0.15, 0.2) is 6.07 Å². The first-order valence-corrected chi connectivity index (χ1v) is 3.34. The molecule has 13 heavy (non-hydrogen) atoms. The van der Waals surface area contributed by atoms with Gasteiger partial charge in [-0.3, -0.25) is 0 Å². The van der Waals surface area contributed by atoms with Crippen LogP contribution in [0.5, 0.6) is 5.88 Å². The molecule has 0 amide bonds. The third-order valence-corrected chi connectivity index (χ3v) is 1.44. The van der Waals surface area contributed by atoms with Crippen molar-refractivity contribution in [1.82, 2.24) is 4.98 Å². The number of nitrogens with two attached hydrogens (primary N) is 1. The summed E-state index contributed by atoms with van der Waals surface area (Å²) in [5.41, 5.74) is 4.22. The Morgan fingerprint density at radius 1 is 1.54 bits per heavy atom. The van der Waals surface area contributed by atoms with Crippen molar-refractivity contribution in [2.75, 3.05) is 12.8 Å². The molecule has 0 saturated heterocycles. The van der Waals surface area contributed by atoms with Gasteiger partial charge in [-0.2, -0.15) is 9.37 Å². The Labute approximate surface area is 72.3 Å². The minimum Gasteiger partial charge on any atom is -0.481 e.